The van der Waals surface area contributed by atoms with E-state index in [1.807, 2.05) is 37.4 Å². The highest BCUT2D eigenvalue weighted by Crippen LogP contribution is 2.20. The molecule has 1 aromatic heterocycles. The Morgan fingerprint density at radius 2 is 1.89 bits per heavy atom. The Hall–Kier alpha value is -2.23. The first-order valence-corrected chi connectivity index (χ1v) is 6.03. The Morgan fingerprint density at radius 1 is 1.21 bits per heavy atom. The number of hydrogen-bond acceptors (Lipinski definition) is 3. The molecule has 1 N–H and O–H groups in total. The molecule has 0 amide bonds. The summed E-state index contributed by atoms with van der Waals surface area (Å²) >= 11 is 0. The topological polar surface area (TPSA) is 51.3 Å². The molecule has 0 aliphatic heterocycles. The predicted octanol–water partition coefficient (Wildman–Crippen LogP) is 2.71. The smallest absolute Gasteiger partial charge is 0.339 e. The molecule has 2 rings (SSSR count). The molecule has 4 nitrogen and oxygen atoms in total. The molecule has 0 saturated carbocycles. The average Bonchev–Trinajstić information content (AvgIpc) is 2.80. The van der Waals surface area contributed by atoms with E-state index in [0.29, 0.717) is 12.0 Å². The molecule has 100 valence electrons. The lowest BCUT2D eigenvalue weighted by Crippen LogP contribution is -2.05. The van der Waals surface area contributed by atoms with E-state index < -0.39 is 0 Å². The number of ether oxygens (including phenoxy) is 2. The molecule has 19 heavy (non-hydrogen) atoms. The van der Waals surface area contributed by atoms with Crippen LogP contribution in [-0.2, 0) is 11.2 Å². The van der Waals surface area contributed by atoms with Crippen LogP contribution in [0.4, 0.5) is 0 Å². The van der Waals surface area contributed by atoms with E-state index in [2.05, 4.69) is 4.98 Å². The molecular formula is C15H17NO3. The molecule has 0 bridgehead atoms. The van der Waals surface area contributed by atoms with Gasteiger partial charge in [0, 0.05) is 11.9 Å². The Labute approximate surface area is 112 Å². The van der Waals surface area contributed by atoms with Crippen molar-refractivity contribution in [2.24, 2.45) is 0 Å². The third kappa shape index (κ3) is 2.78. The summed E-state index contributed by atoms with van der Waals surface area (Å²) in [4.78, 5) is 14.8. The number of esters is 1. The van der Waals surface area contributed by atoms with Crippen molar-refractivity contribution < 1.29 is 14.3 Å². The van der Waals surface area contributed by atoms with E-state index >= 15 is 0 Å². The number of benzene rings is 1. The largest absolute Gasteiger partial charge is 0.497 e. The van der Waals surface area contributed by atoms with Crippen LogP contribution < -0.4 is 4.74 Å². The summed E-state index contributed by atoms with van der Waals surface area (Å²) in [5.41, 5.74) is 3.51. The summed E-state index contributed by atoms with van der Waals surface area (Å²) < 4.78 is 9.93. The molecule has 0 fully saturated rings. The lowest BCUT2D eigenvalue weighted by atomic mass is 10.0. The van der Waals surface area contributed by atoms with Crippen LogP contribution in [-0.4, -0.2) is 25.2 Å². The van der Waals surface area contributed by atoms with Gasteiger partial charge in [-0.1, -0.05) is 12.1 Å². The summed E-state index contributed by atoms with van der Waals surface area (Å²) in [6.45, 7) is 1.86. The first-order chi connectivity index (χ1) is 9.15. The number of aromatic amines is 1. The number of carbonyl (C=O) groups excluding carboxylic acids is 1. The van der Waals surface area contributed by atoms with Gasteiger partial charge in [-0.05, 0) is 36.6 Å². The molecular weight excluding hydrogens is 242 g/mol. The SMILES string of the molecule is COC(=O)c1c(Cc2ccc(OC)cc2)c[nH]c1C. The summed E-state index contributed by atoms with van der Waals surface area (Å²) in [5, 5.41) is 0. The molecule has 1 aromatic carbocycles. The van der Waals surface area contributed by atoms with Crippen molar-refractivity contribution in [3.63, 3.8) is 0 Å². The summed E-state index contributed by atoms with van der Waals surface area (Å²) in [7, 11) is 3.03. The Morgan fingerprint density at radius 3 is 2.47 bits per heavy atom. The van der Waals surface area contributed by atoms with Crippen molar-refractivity contribution in [1.82, 2.24) is 4.98 Å². The number of methoxy groups -OCH3 is 2. The van der Waals surface area contributed by atoms with E-state index in [1.165, 1.54) is 7.11 Å². The fourth-order valence-corrected chi connectivity index (χ4v) is 2.07. The predicted molar refractivity (Wildman–Crippen MR) is 72.7 cm³/mol. The zero-order valence-electron chi connectivity index (χ0n) is 11.3. The highest BCUT2D eigenvalue weighted by molar-refractivity contribution is 5.92. The van der Waals surface area contributed by atoms with Crippen molar-refractivity contribution >= 4 is 5.97 Å². The normalized spacial score (nSPS) is 10.3. The molecule has 0 aliphatic carbocycles. The molecule has 2 aromatic rings. The first-order valence-electron chi connectivity index (χ1n) is 6.03. The van der Waals surface area contributed by atoms with Gasteiger partial charge in [-0.2, -0.15) is 0 Å². The van der Waals surface area contributed by atoms with E-state index in [1.54, 1.807) is 7.11 Å². The Bertz CT molecular complexity index is 570. The molecule has 0 saturated heterocycles. The zero-order chi connectivity index (χ0) is 13.8. The Kier molecular flexibility index (Phi) is 3.90. The number of rotatable bonds is 4. The van der Waals surface area contributed by atoms with E-state index in [9.17, 15) is 4.79 Å². The van der Waals surface area contributed by atoms with E-state index in [4.69, 9.17) is 9.47 Å². The van der Waals surface area contributed by atoms with Gasteiger partial charge < -0.3 is 14.5 Å². The second-order valence-corrected chi connectivity index (χ2v) is 4.33. The standard InChI is InChI=1S/C15H17NO3/c1-10-14(15(17)19-3)12(9-16-10)8-11-4-6-13(18-2)7-5-11/h4-7,9,16H,8H2,1-3H3. The van der Waals surface area contributed by atoms with Crippen LogP contribution >= 0.6 is 0 Å². The molecule has 0 atom stereocenters. The van der Waals surface area contributed by atoms with Crippen LogP contribution in [0.3, 0.4) is 0 Å². The minimum atomic E-state index is -0.303. The van der Waals surface area contributed by atoms with Gasteiger partial charge in [0.1, 0.15) is 5.75 Å². The zero-order valence-corrected chi connectivity index (χ0v) is 11.3. The van der Waals surface area contributed by atoms with Gasteiger partial charge in [0.05, 0.1) is 19.8 Å². The summed E-state index contributed by atoms with van der Waals surface area (Å²) in [5.74, 6) is 0.518. The maximum absolute atomic E-state index is 11.7. The van der Waals surface area contributed by atoms with Gasteiger partial charge in [-0.3, -0.25) is 0 Å². The van der Waals surface area contributed by atoms with Crippen molar-refractivity contribution in [2.75, 3.05) is 14.2 Å². The van der Waals surface area contributed by atoms with Gasteiger partial charge in [-0.25, -0.2) is 4.79 Å². The van der Waals surface area contributed by atoms with Gasteiger partial charge >= 0.3 is 5.97 Å². The molecule has 0 unspecified atom stereocenters. The molecule has 1 heterocycles. The second kappa shape index (κ2) is 5.61. The monoisotopic (exact) mass is 259 g/mol. The van der Waals surface area contributed by atoms with Crippen molar-refractivity contribution in [2.45, 2.75) is 13.3 Å². The average molecular weight is 259 g/mol. The second-order valence-electron chi connectivity index (χ2n) is 4.33. The molecule has 0 radical (unpaired) electrons. The van der Waals surface area contributed by atoms with Crippen LogP contribution in [0.2, 0.25) is 0 Å². The fraction of sp³-hybridized carbons (Fsp3) is 0.267. The van der Waals surface area contributed by atoms with Crippen molar-refractivity contribution in [3.8, 4) is 5.75 Å². The van der Waals surface area contributed by atoms with Crippen LogP contribution in [0, 0.1) is 6.92 Å². The Balaban J connectivity index is 2.25. The van der Waals surface area contributed by atoms with Crippen LogP contribution in [0.25, 0.3) is 0 Å². The van der Waals surface area contributed by atoms with Crippen molar-refractivity contribution in [3.05, 3.63) is 52.8 Å². The molecule has 0 spiro atoms. The highest BCUT2D eigenvalue weighted by Gasteiger charge is 2.16. The third-order valence-corrected chi connectivity index (χ3v) is 3.10. The summed E-state index contributed by atoms with van der Waals surface area (Å²) in [6, 6.07) is 7.80. The number of carbonyl (C=O) groups is 1. The number of H-pyrrole nitrogens is 1. The minimum Gasteiger partial charge on any atom is -0.497 e. The number of hydrogen-bond donors (Lipinski definition) is 1. The third-order valence-electron chi connectivity index (χ3n) is 3.10. The van der Waals surface area contributed by atoms with Crippen LogP contribution in [0.15, 0.2) is 30.5 Å². The quantitative estimate of drug-likeness (QED) is 0.859. The van der Waals surface area contributed by atoms with Crippen LogP contribution in [0.5, 0.6) is 5.75 Å². The first kappa shape index (κ1) is 13.2. The highest BCUT2D eigenvalue weighted by atomic mass is 16.5. The van der Waals surface area contributed by atoms with Gasteiger partial charge in [0.25, 0.3) is 0 Å². The molecule has 0 aliphatic rings. The van der Waals surface area contributed by atoms with Gasteiger partial charge in [-0.15, -0.1) is 0 Å². The lowest BCUT2D eigenvalue weighted by Gasteiger charge is -2.05. The van der Waals surface area contributed by atoms with Gasteiger partial charge in [0.2, 0.25) is 0 Å². The van der Waals surface area contributed by atoms with E-state index in [0.717, 1.165) is 22.6 Å². The number of nitrogens with one attached hydrogen (secondary N) is 1. The fourth-order valence-electron chi connectivity index (χ4n) is 2.07. The van der Waals surface area contributed by atoms with Crippen molar-refractivity contribution in [1.29, 1.82) is 0 Å². The molecule has 4 heteroatoms. The van der Waals surface area contributed by atoms with Gasteiger partial charge in [0.15, 0.2) is 0 Å². The summed E-state index contributed by atoms with van der Waals surface area (Å²) in [6.07, 6.45) is 2.53. The van der Waals surface area contributed by atoms with E-state index in [-0.39, 0.29) is 5.97 Å². The minimum absolute atomic E-state index is 0.303. The maximum Gasteiger partial charge on any atom is 0.339 e. The van der Waals surface area contributed by atoms with Crippen LogP contribution in [0.1, 0.15) is 27.2 Å². The number of aromatic nitrogens is 1. The number of aryl methyl sites for hydroxylation is 1. The maximum atomic E-state index is 11.7. The lowest BCUT2D eigenvalue weighted by molar-refractivity contribution is 0.0599.